The molecule has 1 aromatic carbocycles. The molecule has 0 spiro atoms. The van der Waals surface area contributed by atoms with Crippen LogP contribution in [0.2, 0.25) is 0 Å². The summed E-state index contributed by atoms with van der Waals surface area (Å²) in [6.07, 6.45) is 0. The number of methoxy groups -OCH3 is 1. The maximum atomic E-state index is 10.4. The zero-order chi connectivity index (χ0) is 10.7. The molecule has 0 aliphatic rings. The molecule has 0 saturated carbocycles. The van der Waals surface area contributed by atoms with Crippen LogP contribution in [0.25, 0.3) is 0 Å². The van der Waals surface area contributed by atoms with E-state index in [1.165, 1.54) is 25.3 Å². The van der Waals surface area contributed by atoms with Crippen LogP contribution in [0.4, 0.5) is 11.4 Å². The fourth-order valence-electron chi connectivity index (χ4n) is 0.964. The number of hydrogen-bond acceptors (Lipinski definition) is 5. The van der Waals surface area contributed by atoms with Gasteiger partial charge < -0.3 is 10.5 Å². The number of rotatable bonds is 2. The Morgan fingerprint density at radius 2 is 2.29 bits per heavy atom. The molecule has 0 fully saturated rings. The van der Waals surface area contributed by atoms with Crippen LogP contribution in [-0.2, 0) is 4.74 Å². The summed E-state index contributed by atoms with van der Waals surface area (Å²) in [5.41, 5.74) is 5.91. The number of nitrogens with zero attached hydrogens (tertiary/aromatic N) is 1. The van der Waals surface area contributed by atoms with Gasteiger partial charge in [-0.25, -0.2) is 0 Å². The van der Waals surface area contributed by atoms with Crippen molar-refractivity contribution in [2.24, 2.45) is 0 Å². The molecule has 1 rings (SSSR count). The van der Waals surface area contributed by atoms with E-state index in [1.54, 1.807) is 0 Å². The van der Waals surface area contributed by atoms with Gasteiger partial charge in [-0.05, 0) is 6.07 Å². The quantitative estimate of drug-likeness (QED) is 0.243. The standard InChI is InChI=1S/C8H9N3O3/c1-14-8(10)6-4-5(11(12)13)2-3-7(6)9/h2-4,10H,9H2,1H3. The van der Waals surface area contributed by atoms with Crippen molar-refractivity contribution in [1.29, 1.82) is 5.41 Å². The van der Waals surface area contributed by atoms with Crippen molar-refractivity contribution in [3.05, 3.63) is 33.9 Å². The molecule has 6 heteroatoms. The van der Waals surface area contributed by atoms with Crippen LogP contribution in [-0.4, -0.2) is 17.9 Å². The number of ether oxygens (including phenoxy) is 1. The first kappa shape index (κ1) is 9.97. The molecule has 0 amide bonds. The Balaban J connectivity index is 3.21. The number of anilines is 1. The van der Waals surface area contributed by atoms with Crippen molar-refractivity contribution in [1.82, 2.24) is 0 Å². The van der Waals surface area contributed by atoms with Crippen LogP contribution in [0.1, 0.15) is 5.56 Å². The van der Waals surface area contributed by atoms with E-state index in [1.807, 2.05) is 0 Å². The van der Waals surface area contributed by atoms with Crippen molar-refractivity contribution in [2.45, 2.75) is 0 Å². The molecule has 3 N–H and O–H groups in total. The fraction of sp³-hybridized carbons (Fsp3) is 0.125. The van der Waals surface area contributed by atoms with Crippen LogP contribution < -0.4 is 5.73 Å². The summed E-state index contributed by atoms with van der Waals surface area (Å²) in [7, 11) is 1.31. The van der Waals surface area contributed by atoms with Gasteiger partial charge in [0.25, 0.3) is 5.69 Å². The van der Waals surface area contributed by atoms with Crippen molar-refractivity contribution >= 4 is 17.3 Å². The van der Waals surface area contributed by atoms with E-state index in [-0.39, 0.29) is 22.8 Å². The SMILES string of the molecule is COC(=N)c1cc([N+](=O)[O-])ccc1N. The molecule has 0 aliphatic carbocycles. The first-order chi connectivity index (χ1) is 6.56. The molecular formula is C8H9N3O3. The van der Waals surface area contributed by atoms with E-state index in [2.05, 4.69) is 4.74 Å². The van der Waals surface area contributed by atoms with Gasteiger partial charge in [-0.15, -0.1) is 0 Å². The Kier molecular flexibility index (Phi) is 2.66. The molecule has 1 aromatic rings. The van der Waals surface area contributed by atoms with Gasteiger partial charge in [0, 0.05) is 17.8 Å². The summed E-state index contributed by atoms with van der Waals surface area (Å²) in [5.74, 6) is -0.189. The van der Waals surface area contributed by atoms with Crippen LogP contribution in [0.5, 0.6) is 0 Å². The van der Waals surface area contributed by atoms with E-state index < -0.39 is 4.92 Å². The second-order valence-electron chi connectivity index (χ2n) is 2.56. The van der Waals surface area contributed by atoms with E-state index in [0.29, 0.717) is 0 Å². The minimum atomic E-state index is -0.550. The molecule has 0 saturated heterocycles. The first-order valence-corrected chi connectivity index (χ1v) is 3.73. The number of nitrogen functional groups attached to an aromatic ring is 1. The lowest BCUT2D eigenvalue weighted by atomic mass is 10.1. The Labute approximate surface area is 80.0 Å². The molecule has 0 radical (unpaired) electrons. The van der Waals surface area contributed by atoms with Gasteiger partial charge in [0.05, 0.1) is 17.6 Å². The zero-order valence-corrected chi connectivity index (χ0v) is 7.48. The summed E-state index contributed by atoms with van der Waals surface area (Å²) >= 11 is 0. The van der Waals surface area contributed by atoms with Crippen LogP contribution in [0.3, 0.4) is 0 Å². The summed E-state index contributed by atoms with van der Waals surface area (Å²) in [6, 6.07) is 3.87. The van der Waals surface area contributed by atoms with Gasteiger partial charge in [0.15, 0.2) is 0 Å². The normalized spacial score (nSPS) is 9.50. The number of nitro groups is 1. The number of nitro benzene ring substituents is 1. The minimum absolute atomic E-state index is 0.115. The number of non-ortho nitro benzene ring substituents is 1. The van der Waals surface area contributed by atoms with Crippen molar-refractivity contribution in [3.63, 3.8) is 0 Å². The molecule has 6 nitrogen and oxygen atoms in total. The minimum Gasteiger partial charge on any atom is -0.481 e. The van der Waals surface area contributed by atoms with Gasteiger partial charge in [-0.3, -0.25) is 15.5 Å². The maximum absolute atomic E-state index is 10.4. The predicted molar refractivity (Wildman–Crippen MR) is 51.3 cm³/mol. The number of benzene rings is 1. The average molecular weight is 195 g/mol. The second kappa shape index (κ2) is 3.73. The maximum Gasteiger partial charge on any atom is 0.270 e. The molecule has 14 heavy (non-hydrogen) atoms. The Bertz CT molecular complexity index is 389. The Morgan fingerprint density at radius 1 is 1.64 bits per heavy atom. The molecule has 0 atom stereocenters. The van der Waals surface area contributed by atoms with Crippen LogP contribution >= 0.6 is 0 Å². The fourth-order valence-corrected chi connectivity index (χ4v) is 0.964. The van der Waals surface area contributed by atoms with Crippen molar-refractivity contribution in [3.8, 4) is 0 Å². The molecular weight excluding hydrogens is 186 g/mol. The van der Waals surface area contributed by atoms with E-state index in [4.69, 9.17) is 11.1 Å². The topological polar surface area (TPSA) is 102 Å². The van der Waals surface area contributed by atoms with Gasteiger partial charge in [0.2, 0.25) is 5.90 Å². The highest BCUT2D eigenvalue weighted by atomic mass is 16.6. The van der Waals surface area contributed by atoms with Crippen molar-refractivity contribution < 1.29 is 9.66 Å². The largest absolute Gasteiger partial charge is 0.481 e. The third-order valence-electron chi connectivity index (χ3n) is 1.70. The predicted octanol–water partition coefficient (Wildman–Crippen LogP) is 1.15. The molecule has 0 heterocycles. The van der Waals surface area contributed by atoms with Gasteiger partial charge in [0.1, 0.15) is 0 Å². The highest BCUT2D eigenvalue weighted by Crippen LogP contribution is 2.19. The molecule has 0 aromatic heterocycles. The van der Waals surface area contributed by atoms with Gasteiger partial charge in [-0.2, -0.15) is 0 Å². The summed E-state index contributed by atoms with van der Waals surface area (Å²) in [5, 5.41) is 17.8. The first-order valence-electron chi connectivity index (χ1n) is 3.73. The molecule has 0 unspecified atom stereocenters. The molecule has 0 bridgehead atoms. The number of nitrogens with one attached hydrogen (secondary N) is 1. The smallest absolute Gasteiger partial charge is 0.270 e. The van der Waals surface area contributed by atoms with Gasteiger partial charge >= 0.3 is 0 Å². The van der Waals surface area contributed by atoms with E-state index in [0.717, 1.165) is 0 Å². The Morgan fingerprint density at radius 3 is 2.79 bits per heavy atom. The molecule has 0 aliphatic heterocycles. The van der Waals surface area contributed by atoms with Gasteiger partial charge in [-0.1, -0.05) is 0 Å². The third kappa shape index (κ3) is 1.79. The van der Waals surface area contributed by atoms with E-state index >= 15 is 0 Å². The zero-order valence-electron chi connectivity index (χ0n) is 7.48. The summed E-state index contributed by atoms with van der Waals surface area (Å²) in [4.78, 5) is 9.88. The lowest BCUT2D eigenvalue weighted by molar-refractivity contribution is -0.384. The average Bonchev–Trinajstić information content (AvgIpc) is 2.17. The summed E-state index contributed by atoms with van der Waals surface area (Å²) in [6.45, 7) is 0. The Hall–Kier alpha value is -2.11. The van der Waals surface area contributed by atoms with Crippen molar-refractivity contribution in [2.75, 3.05) is 12.8 Å². The number of hydrogen-bond donors (Lipinski definition) is 2. The summed E-state index contributed by atoms with van der Waals surface area (Å²) < 4.78 is 4.63. The van der Waals surface area contributed by atoms with Crippen LogP contribution in [0.15, 0.2) is 18.2 Å². The lowest BCUT2D eigenvalue weighted by Crippen LogP contribution is -2.06. The monoisotopic (exact) mass is 195 g/mol. The second-order valence-corrected chi connectivity index (χ2v) is 2.56. The lowest BCUT2D eigenvalue weighted by Gasteiger charge is -2.04. The highest BCUT2D eigenvalue weighted by molar-refractivity contribution is 5.97. The highest BCUT2D eigenvalue weighted by Gasteiger charge is 2.12. The number of nitrogens with two attached hydrogens (primary N) is 1. The van der Waals surface area contributed by atoms with Crippen LogP contribution in [0, 0.1) is 15.5 Å². The van der Waals surface area contributed by atoms with E-state index in [9.17, 15) is 10.1 Å². The third-order valence-corrected chi connectivity index (χ3v) is 1.70. The molecule has 74 valence electrons.